The molecule has 1 heterocycles. The van der Waals surface area contributed by atoms with E-state index in [4.69, 9.17) is 14.6 Å². The van der Waals surface area contributed by atoms with Crippen LogP contribution >= 0.6 is 0 Å². The molecule has 8 heteroatoms. The van der Waals surface area contributed by atoms with Gasteiger partial charge >= 0.3 is 0 Å². The van der Waals surface area contributed by atoms with Gasteiger partial charge in [-0.1, -0.05) is 46.8 Å². The highest BCUT2D eigenvalue weighted by atomic mass is 16.5. The number of benzene rings is 2. The average molecular weight is 521 g/mol. The molecule has 0 bridgehead atoms. The van der Waals surface area contributed by atoms with Gasteiger partial charge in [0.05, 0.1) is 25.6 Å². The van der Waals surface area contributed by atoms with Crippen molar-refractivity contribution in [2.24, 2.45) is 5.92 Å². The summed E-state index contributed by atoms with van der Waals surface area (Å²) in [6, 6.07) is 12.9. The number of nitrogens with one attached hydrogen (secondary N) is 1. The molecule has 2 aromatic carbocycles. The number of hydrogen-bond acceptors (Lipinski definition) is 5. The van der Waals surface area contributed by atoms with E-state index in [9.17, 15) is 9.59 Å². The number of carbonyl (C=O) groups excluding carboxylic acids is 2. The Balaban J connectivity index is 1.93. The topological polar surface area (TPSA) is 85.7 Å². The van der Waals surface area contributed by atoms with Gasteiger partial charge in [0.1, 0.15) is 23.9 Å². The molecule has 0 unspecified atom stereocenters. The Morgan fingerprint density at radius 1 is 1.03 bits per heavy atom. The first-order valence-electron chi connectivity index (χ1n) is 12.8. The van der Waals surface area contributed by atoms with Gasteiger partial charge in [-0.3, -0.25) is 9.59 Å². The van der Waals surface area contributed by atoms with E-state index in [0.29, 0.717) is 29.4 Å². The van der Waals surface area contributed by atoms with E-state index in [-0.39, 0.29) is 29.7 Å². The molecule has 3 aromatic rings. The first kappa shape index (κ1) is 28.8. The summed E-state index contributed by atoms with van der Waals surface area (Å²) in [5.41, 5.74) is 4.14. The minimum atomic E-state index is -0.305. The molecule has 0 atom stereocenters. The Morgan fingerprint density at radius 3 is 2.21 bits per heavy atom. The molecule has 0 radical (unpaired) electrons. The van der Waals surface area contributed by atoms with Crippen molar-refractivity contribution in [2.45, 2.75) is 53.9 Å². The second-order valence-corrected chi connectivity index (χ2v) is 11.0. The van der Waals surface area contributed by atoms with Crippen molar-refractivity contribution in [2.75, 3.05) is 32.6 Å². The first-order chi connectivity index (χ1) is 17.8. The van der Waals surface area contributed by atoms with Crippen molar-refractivity contribution in [3.05, 3.63) is 64.8 Å². The number of aromatic nitrogens is 2. The quantitative estimate of drug-likeness (QED) is 0.400. The third-order valence-electron chi connectivity index (χ3n) is 6.36. The van der Waals surface area contributed by atoms with Crippen molar-refractivity contribution >= 4 is 17.6 Å². The van der Waals surface area contributed by atoms with Gasteiger partial charge < -0.3 is 19.7 Å². The van der Waals surface area contributed by atoms with Crippen molar-refractivity contribution in [3.8, 4) is 17.2 Å². The largest absolute Gasteiger partial charge is 0.497 e. The molecule has 0 saturated carbocycles. The van der Waals surface area contributed by atoms with E-state index in [2.05, 4.69) is 26.1 Å². The molecule has 38 heavy (non-hydrogen) atoms. The summed E-state index contributed by atoms with van der Waals surface area (Å²) in [5.74, 6) is 1.16. The number of nitrogens with zero attached hydrogens (tertiary/aromatic N) is 3. The summed E-state index contributed by atoms with van der Waals surface area (Å²) >= 11 is 0. The lowest BCUT2D eigenvalue weighted by Crippen LogP contribution is -2.40. The summed E-state index contributed by atoms with van der Waals surface area (Å²) in [4.78, 5) is 28.5. The number of ether oxygens (including phenoxy) is 2. The van der Waals surface area contributed by atoms with Gasteiger partial charge in [0, 0.05) is 29.7 Å². The van der Waals surface area contributed by atoms with Crippen LogP contribution in [0, 0.1) is 19.8 Å². The van der Waals surface area contributed by atoms with E-state index >= 15 is 0 Å². The van der Waals surface area contributed by atoms with E-state index in [0.717, 1.165) is 22.5 Å². The van der Waals surface area contributed by atoms with Crippen LogP contribution in [-0.2, 0) is 10.2 Å². The van der Waals surface area contributed by atoms with E-state index < -0.39 is 0 Å². The number of aryl methyl sites for hydroxylation is 1. The fourth-order valence-corrected chi connectivity index (χ4v) is 4.11. The number of carbonyl (C=O) groups is 2. The zero-order valence-electron chi connectivity index (χ0n) is 24.0. The molecule has 3 rings (SSSR count). The Bertz CT molecular complexity index is 1280. The lowest BCUT2D eigenvalue weighted by atomic mass is 9.92. The van der Waals surface area contributed by atoms with Crippen LogP contribution in [0.2, 0.25) is 0 Å². The Kier molecular flexibility index (Phi) is 8.86. The zero-order valence-corrected chi connectivity index (χ0v) is 24.0. The molecule has 0 aliphatic carbocycles. The smallest absolute Gasteiger partial charge is 0.254 e. The third-order valence-corrected chi connectivity index (χ3v) is 6.36. The number of methoxy groups -OCH3 is 2. The summed E-state index contributed by atoms with van der Waals surface area (Å²) in [6.07, 6.45) is 0. The highest BCUT2D eigenvalue weighted by Gasteiger charge is 2.25. The molecule has 0 fully saturated rings. The molecule has 204 valence electrons. The maximum atomic E-state index is 13.5. The SMILES string of the molecule is COc1cc(OC)cc(C(=O)N(CC(=O)Nc2cc(C(C)(C)C)nn2-c2cccc(C)c2C)CC(C)C)c1. The van der Waals surface area contributed by atoms with Gasteiger partial charge in [-0.05, 0) is 49.1 Å². The Labute approximate surface area is 225 Å². The first-order valence-corrected chi connectivity index (χ1v) is 12.8. The normalized spacial score (nSPS) is 11.4. The Morgan fingerprint density at radius 2 is 1.66 bits per heavy atom. The molecule has 0 saturated heterocycles. The fraction of sp³-hybridized carbons (Fsp3) is 0.433. The maximum Gasteiger partial charge on any atom is 0.254 e. The lowest BCUT2D eigenvalue weighted by molar-refractivity contribution is -0.117. The number of anilines is 1. The van der Waals surface area contributed by atoms with Crippen molar-refractivity contribution in [3.63, 3.8) is 0 Å². The molecule has 0 spiro atoms. The van der Waals surface area contributed by atoms with Crippen molar-refractivity contribution in [1.29, 1.82) is 0 Å². The van der Waals surface area contributed by atoms with Gasteiger partial charge in [-0.2, -0.15) is 5.10 Å². The predicted molar refractivity (Wildman–Crippen MR) is 151 cm³/mol. The van der Waals surface area contributed by atoms with Crippen molar-refractivity contribution < 1.29 is 19.1 Å². The van der Waals surface area contributed by atoms with E-state index in [1.54, 1.807) is 27.8 Å². The maximum absolute atomic E-state index is 13.5. The monoisotopic (exact) mass is 520 g/mol. The lowest BCUT2D eigenvalue weighted by Gasteiger charge is -2.24. The van der Waals surface area contributed by atoms with Crippen LogP contribution in [0.25, 0.3) is 5.69 Å². The minimum absolute atomic E-state index is 0.112. The zero-order chi connectivity index (χ0) is 28.2. The predicted octanol–water partition coefficient (Wildman–Crippen LogP) is 5.54. The Hall–Kier alpha value is -3.81. The van der Waals surface area contributed by atoms with E-state index in [1.807, 2.05) is 52.0 Å². The number of amides is 2. The number of hydrogen-bond donors (Lipinski definition) is 1. The highest BCUT2D eigenvalue weighted by molar-refractivity contribution is 5.99. The van der Waals surface area contributed by atoms with Gasteiger partial charge in [-0.15, -0.1) is 0 Å². The second kappa shape index (κ2) is 11.7. The molecule has 8 nitrogen and oxygen atoms in total. The van der Waals surface area contributed by atoms with Crippen LogP contribution in [-0.4, -0.2) is 53.8 Å². The van der Waals surface area contributed by atoms with Gasteiger partial charge in [0.2, 0.25) is 5.91 Å². The van der Waals surface area contributed by atoms with Crippen LogP contribution in [0.5, 0.6) is 11.5 Å². The van der Waals surface area contributed by atoms with Gasteiger partial charge in [-0.25, -0.2) is 4.68 Å². The van der Waals surface area contributed by atoms with Crippen molar-refractivity contribution in [1.82, 2.24) is 14.7 Å². The van der Waals surface area contributed by atoms with Crippen LogP contribution in [0.3, 0.4) is 0 Å². The molecule has 1 aromatic heterocycles. The summed E-state index contributed by atoms with van der Waals surface area (Å²) < 4.78 is 12.4. The second-order valence-electron chi connectivity index (χ2n) is 11.0. The van der Waals surface area contributed by atoms with Crippen LogP contribution < -0.4 is 14.8 Å². The fourth-order valence-electron chi connectivity index (χ4n) is 4.11. The summed E-state index contributed by atoms with van der Waals surface area (Å²) in [6.45, 7) is 14.7. The standard InChI is InChI=1S/C30H40N4O4/c1-19(2)17-33(29(36)22-13-23(37-8)15-24(14-22)38-9)18-28(35)31-27-16-26(30(5,6)7)32-34(27)25-12-10-11-20(3)21(25)4/h10-16,19H,17-18H2,1-9H3,(H,31,35). The molecular formula is C30H40N4O4. The van der Waals surface area contributed by atoms with Gasteiger partial charge in [0.25, 0.3) is 5.91 Å². The number of rotatable bonds is 9. The van der Waals surface area contributed by atoms with Crippen LogP contribution in [0.15, 0.2) is 42.5 Å². The minimum Gasteiger partial charge on any atom is -0.497 e. The van der Waals surface area contributed by atoms with E-state index in [1.165, 1.54) is 14.2 Å². The van der Waals surface area contributed by atoms with Crippen LogP contribution in [0.1, 0.15) is 61.8 Å². The van der Waals surface area contributed by atoms with Gasteiger partial charge in [0.15, 0.2) is 0 Å². The molecule has 0 aliphatic heterocycles. The molecule has 1 N–H and O–H groups in total. The third kappa shape index (κ3) is 6.73. The highest BCUT2D eigenvalue weighted by Crippen LogP contribution is 2.28. The molecule has 0 aliphatic rings. The summed E-state index contributed by atoms with van der Waals surface area (Å²) in [7, 11) is 3.07. The molecular weight excluding hydrogens is 480 g/mol. The molecule has 2 amide bonds. The van der Waals surface area contributed by atoms with Crippen LogP contribution in [0.4, 0.5) is 5.82 Å². The summed E-state index contributed by atoms with van der Waals surface area (Å²) in [5, 5.41) is 7.87. The average Bonchev–Trinajstić information content (AvgIpc) is 3.28.